The number of rotatable bonds is 9. The van der Waals surface area contributed by atoms with E-state index < -0.39 is 23.7 Å². The van der Waals surface area contributed by atoms with Gasteiger partial charge in [-0.1, -0.05) is 11.6 Å². The van der Waals surface area contributed by atoms with Crippen LogP contribution in [0.2, 0.25) is 5.02 Å². The number of phenols is 1. The number of carboxylic acids is 1. The third-order valence-corrected chi connectivity index (χ3v) is 3.68. The number of aryl methyl sites for hydroxylation is 1. The van der Waals surface area contributed by atoms with Crippen molar-refractivity contribution in [2.24, 2.45) is 0 Å². The molecular formula is C18H27ClN2O5. The van der Waals surface area contributed by atoms with Crippen molar-refractivity contribution in [2.45, 2.75) is 51.7 Å². The Labute approximate surface area is 158 Å². The number of nitrogens with one attached hydrogen (secondary N) is 2. The summed E-state index contributed by atoms with van der Waals surface area (Å²) in [5.74, 6) is -0.900. The maximum Gasteiger partial charge on any atom is 0.408 e. The van der Waals surface area contributed by atoms with Crippen LogP contribution in [-0.2, 0) is 16.0 Å². The molecule has 1 aromatic rings. The molecule has 0 aliphatic carbocycles. The number of hydrogen-bond acceptors (Lipinski definition) is 5. The molecule has 0 saturated heterocycles. The molecule has 0 saturated carbocycles. The summed E-state index contributed by atoms with van der Waals surface area (Å²) in [7, 11) is 0. The van der Waals surface area contributed by atoms with Crippen LogP contribution in [0.25, 0.3) is 0 Å². The molecular weight excluding hydrogens is 360 g/mol. The Morgan fingerprint density at radius 1 is 1.27 bits per heavy atom. The highest BCUT2D eigenvalue weighted by Crippen LogP contribution is 2.22. The molecule has 0 unspecified atom stereocenters. The largest absolute Gasteiger partial charge is 0.508 e. The average Bonchev–Trinajstić information content (AvgIpc) is 2.50. The lowest BCUT2D eigenvalue weighted by molar-refractivity contribution is -0.139. The Balaban J connectivity index is 2.30. The number of halogens is 1. The summed E-state index contributed by atoms with van der Waals surface area (Å²) in [4.78, 5) is 22.9. The lowest BCUT2D eigenvalue weighted by Crippen LogP contribution is -2.44. The molecule has 0 radical (unpaired) electrons. The molecule has 1 atom stereocenters. The molecule has 1 amide bonds. The Bertz CT molecular complexity index is 616. The summed E-state index contributed by atoms with van der Waals surface area (Å²) in [6.07, 6.45) is 0.890. The van der Waals surface area contributed by atoms with Gasteiger partial charge in [0.05, 0.1) is 0 Å². The second-order valence-electron chi connectivity index (χ2n) is 6.95. The number of carbonyl (C=O) groups is 2. The van der Waals surface area contributed by atoms with Crippen LogP contribution in [0.1, 0.15) is 39.2 Å². The number of aliphatic carboxylic acids is 1. The number of benzene rings is 1. The number of hydrogen-bond donors (Lipinski definition) is 4. The highest BCUT2D eigenvalue weighted by atomic mass is 35.5. The van der Waals surface area contributed by atoms with Gasteiger partial charge in [-0.3, -0.25) is 0 Å². The highest BCUT2D eigenvalue weighted by Gasteiger charge is 2.23. The van der Waals surface area contributed by atoms with Crippen molar-refractivity contribution in [3.63, 3.8) is 0 Å². The van der Waals surface area contributed by atoms with Gasteiger partial charge in [0.15, 0.2) is 0 Å². The molecule has 0 spiro atoms. The van der Waals surface area contributed by atoms with E-state index in [9.17, 15) is 19.8 Å². The van der Waals surface area contributed by atoms with Gasteiger partial charge in [-0.15, -0.1) is 0 Å². The SMILES string of the molecule is CC(C)(C)OC(=O)N[C@@H](CCNCCCc1cc(Cl)ccc1O)C(=O)O. The van der Waals surface area contributed by atoms with Gasteiger partial charge in [-0.2, -0.15) is 0 Å². The van der Waals surface area contributed by atoms with Gasteiger partial charge in [-0.05, 0) is 76.9 Å². The lowest BCUT2D eigenvalue weighted by atomic mass is 10.1. The van der Waals surface area contributed by atoms with E-state index in [0.29, 0.717) is 24.5 Å². The average molecular weight is 387 g/mol. The van der Waals surface area contributed by atoms with E-state index >= 15 is 0 Å². The van der Waals surface area contributed by atoms with Gasteiger partial charge >= 0.3 is 12.1 Å². The zero-order valence-corrected chi connectivity index (χ0v) is 16.1. The molecule has 7 nitrogen and oxygen atoms in total. The third-order valence-electron chi connectivity index (χ3n) is 3.44. The first kappa shape index (κ1) is 22.1. The van der Waals surface area contributed by atoms with Crippen LogP contribution in [0.4, 0.5) is 4.79 Å². The van der Waals surface area contributed by atoms with E-state index in [1.54, 1.807) is 39.0 Å². The molecule has 8 heteroatoms. The van der Waals surface area contributed by atoms with E-state index in [1.807, 2.05) is 0 Å². The van der Waals surface area contributed by atoms with Gasteiger partial charge in [0.2, 0.25) is 0 Å². The fourth-order valence-corrected chi connectivity index (χ4v) is 2.43. The van der Waals surface area contributed by atoms with Crippen LogP contribution in [0.5, 0.6) is 5.75 Å². The Kier molecular flexibility index (Phi) is 8.68. The van der Waals surface area contributed by atoms with Gasteiger partial charge in [-0.25, -0.2) is 9.59 Å². The fourth-order valence-electron chi connectivity index (χ4n) is 2.24. The van der Waals surface area contributed by atoms with Crippen molar-refractivity contribution in [1.29, 1.82) is 0 Å². The minimum absolute atomic E-state index is 0.210. The Morgan fingerprint density at radius 2 is 1.96 bits per heavy atom. The molecule has 1 aromatic carbocycles. The molecule has 0 bridgehead atoms. The Hall–Kier alpha value is -1.99. The van der Waals surface area contributed by atoms with E-state index in [-0.39, 0.29) is 12.2 Å². The standard InChI is InChI=1S/C18H27ClN2O5/c1-18(2,3)26-17(25)21-14(16(23)24)8-10-20-9-4-5-12-11-13(19)6-7-15(12)22/h6-7,11,14,20,22H,4-5,8-10H2,1-3H3,(H,21,25)(H,23,24)/t14-/m0/s1. The zero-order chi connectivity index (χ0) is 19.7. The summed E-state index contributed by atoms with van der Waals surface area (Å²) in [6.45, 7) is 6.20. The second-order valence-corrected chi connectivity index (χ2v) is 7.39. The summed E-state index contributed by atoms with van der Waals surface area (Å²) in [6, 6.07) is 3.89. The van der Waals surface area contributed by atoms with Crippen molar-refractivity contribution in [3.05, 3.63) is 28.8 Å². The summed E-state index contributed by atoms with van der Waals surface area (Å²) < 4.78 is 5.06. The second kappa shape index (κ2) is 10.2. The van der Waals surface area contributed by atoms with E-state index in [1.165, 1.54) is 0 Å². The molecule has 0 heterocycles. The summed E-state index contributed by atoms with van der Waals surface area (Å²) in [5.41, 5.74) is 0.0893. The lowest BCUT2D eigenvalue weighted by Gasteiger charge is -2.22. The third kappa shape index (κ3) is 8.92. The molecule has 0 fully saturated rings. The van der Waals surface area contributed by atoms with Gasteiger partial charge in [0, 0.05) is 5.02 Å². The van der Waals surface area contributed by atoms with Crippen LogP contribution in [-0.4, -0.2) is 47.0 Å². The van der Waals surface area contributed by atoms with Crippen molar-refractivity contribution in [2.75, 3.05) is 13.1 Å². The Morgan fingerprint density at radius 3 is 2.58 bits per heavy atom. The van der Waals surface area contributed by atoms with Crippen molar-refractivity contribution < 1.29 is 24.5 Å². The maximum absolute atomic E-state index is 11.7. The van der Waals surface area contributed by atoms with Crippen molar-refractivity contribution in [1.82, 2.24) is 10.6 Å². The van der Waals surface area contributed by atoms with E-state index in [0.717, 1.165) is 12.0 Å². The fraction of sp³-hybridized carbons (Fsp3) is 0.556. The first-order valence-electron chi connectivity index (χ1n) is 8.49. The highest BCUT2D eigenvalue weighted by molar-refractivity contribution is 6.30. The van der Waals surface area contributed by atoms with Crippen molar-refractivity contribution in [3.8, 4) is 5.75 Å². The number of phenolic OH excluding ortho intramolecular Hbond substituents is 1. The summed E-state index contributed by atoms with van der Waals surface area (Å²) >= 11 is 5.90. The van der Waals surface area contributed by atoms with Crippen LogP contribution in [0, 0.1) is 0 Å². The summed E-state index contributed by atoms with van der Waals surface area (Å²) in [5, 5.41) is 25.0. The predicted molar refractivity (Wildman–Crippen MR) is 99.7 cm³/mol. The topological polar surface area (TPSA) is 108 Å². The first-order valence-corrected chi connectivity index (χ1v) is 8.86. The van der Waals surface area contributed by atoms with Gasteiger partial charge < -0.3 is 25.6 Å². The number of ether oxygens (including phenoxy) is 1. The molecule has 1 rings (SSSR count). The molecule has 146 valence electrons. The number of aromatic hydroxyl groups is 1. The maximum atomic E-state index is 11.7. The predicted octanol–water partition coefficient (Wildman–Crippen LogP) is 2.94. The number of alkyl carbamates (subject to hydrolysis) is 1. The quantitative estimate of drug-likeness (QED) is 0.486. The minimum atomic E-state index is -1.11. The van der Waals surface area contributed by atoms with Gasteiger partial charge in [0.25, 0.3) is 0 Å². The first-order chi connectivity index (χ1) is 12.1. The molecule has 0 aliphatic rings. The monoisotopic (exact) mass is 386 g/mol. The van der Waals surface area contributed by atoms with E-state index in [2.05, 4.69) is 10.6 Å². The normalized spacial score (nSPS) is 12.5. The van der Waals surface area contributed by atoms with Crippen LogP contribution in [0.15, 0.2) is 18.2 Å². The van der Waals surface area contributed by atoms with Crippen LogP contribution < -0.4 is 10.6 Å². The van der Waals surface area contributed by atoms with Crippen LogP contribution >= 0.6 is 11.6 Å². The number of carbonyl (C=O) groups excluding carboxylic acids is 1. The van der Waals surface area contributed by atoms with E-state index in [4.69, 9.17) is 16.3 Å². The molecule has 0 aromatic heterocycles. The minimum Gasteiger partial charge on any atom is -0.508 e. The molecule has 0 aliphatic heterocycles. The molecule has 4 N–H and O–H groups in total. The van der Waals surface area contributed by atoms with Crippen molar-refractivity contribution >= 4 is 23.7 Å². The smallest absolute Gasteiger partial charge is 0.408 e. The van der Waals surface area contributed by atoms with Crippen LogP contribution in [0.3, 0.4) is 0 Å². The zero-order valence-electron chi connectivity index (χ0n) is 15.3. The number of carboxylic acid groups (broad SMARTS) is 1. The molecule has 26 heavy (non-hydrogen) atoms. The number of amides is 1. The van der Waals surface area contributed by atoms with Gasteiger partial charge in [0.1, 0.15) is 17.4 Å².